The maximum Gasteiger partial charge on any atom is 0.0507 e. The second-order valence-electron chi connectivity index (χ2n) is 2.07. The fourth-order valence-electron chi connectivity index (χ4n) is 0.853. The zero-order valence-electron chi connectivity index (χ0n) is 4.69. The van der Waals surface area contributed by atoms with Gasteiger partial charge in [-0.1, -0.05) is 0 Å². The molecule has 0 aromatic rings. The van der Waals surface area contributed by atoms with Gasteiger partial charge in [0.05, 0.1) is 6.61 Å². The Bertz CT molecular complexity index is 63.4. The van der Waals surface area contributed by atoms with Gasteiger partial charge in [-0.15, -0.1) is 0 Å². The summed E-state index contributed by atoms with van der Waals surface area (Å²) in [6.45, 7) is 2.66. The summed E-state index contributed by atoms with van der Waals surface area (Å²) < 4.78 is 5.11. The van der Waals surface area contributed by atoms with Crippen LogP contribution in [-0.4, -0.2) is 19.8 Å². The summed E-state index contributed by atoms with van der Waals surface area (Å²) in [6, 6.07) is 0. The fourth-order valence-corrected chi connectivity index (χ4v) is 1.07. The molecule has 0 saturated carbocycles. The highest BCUT2D eigenvalue weighted by molar-refractivity contribution is 6.13. The van der Waals surface area contributed by atoms with Gasteiger partial charge in [0.2, 0.25) is 0 Å². The Kier molecular flexibility index (Phi) is 2.59. The SMILES string of the molecule is ClNCC1CCOC1. The summed E-state index contributed by atoms with van der Waals surface area (Å²) in [4.78, 5) is 2.60. The molecule has 1 N–H and O–H groups in total. The quantitative estimate of drug-likeness (QED) is 0.565. The minimum atomic E-state index is 0.646. The Hall–Kier alpha value is 0.210. The Balaban J connectivity index is 2.06. The third-order valence-corrected chi connectivity index (χ3v) is 1.54. The molecule has 0 aromatic heterocycles. The Morgan fingerprint density at radius 3 is 3.12 bits per heavy atom. The largest absolute Gasteiger partial charge is 0.381 e. The van der Waals surface area contributed by atoms with E-state index in [2.05, 4.69) is 4.84 Å². The van der Waals surface area contributed by atoms with Crippen molar-refractivity contribution in [1.82, 2.24) is 4.84 Å². The Labute approximate surface area is 54.3 Å². The van der Waals surface area contributed by atoms with Crippen molar-refractivity contribution in [1.29, 1.82) is 0 Å². The molecule has 0 radical (unpaired) electrons. The minimum Gasteiger partial charge on any atom is -0.381 e. The van der Waals surface area contributed by atoms with Crippen molar-refractivity contribution in [3.05, 3.63) is 0 Å². The average Bonchev–Trinajstić information content (AvgIpc) is 2.19. The first-order chi connectivity index (χ1) is 3.93. The molecule has 0 aromatic carbocycles. The number of hydrogen-bond acceptors (Lipinski definition) is 2. The van der Waals surface area contributed by atoms with Crippen LogP contribution in [0.2, 0.25) is 0 Å². The van der Waals surface area contributed by atoms with Crippen molar-refractivity contribution in [2.75, 3.05) is 19.8 Å². The summed E-state index contributed by atoms with van der Waals surface area (Å²) in [6.07, 6.45) is 1.15. The lowest BCUT2D eigenvalue weighted by Crippen LogP contribution is -2.14. The lowest BCUT2D eigenvalue weighted by molar-refractivity contribution is 0.186. The molecule has 2 nitrogen and oxygen atoms in total. The molecule has 1 fully saturated rings. The van der Waals surface area contributed by atoms with E-state index in [1.165, 1.54) is 0 Å². The van der Waals surface area contributed by atoms with Crippen molar-refractivity contribution in [3.8, 4) is 0 Å². The van der Waals surface area contributed by atoms with Gasteiger partial charge < -0.3 is 4.74 Å². The third-order valence-electron chi connectivity index (χ3n) is 1.39. The summed E-state index contributed by atoms with van der Waals surface area (Å²) in [5.41, 5.74) is 0. The highest BCUT2D eigenvalue weighted by Gasteiger charge is 2.13. The van der Waals surface area contributed by atoms with Gasteiger partial charge >= 0.3 is 0 Å². The fraction of sp³-hybridized carbons (Fsp3) is 1.00. The van der Waals surface area contributed by atoms with E-state index in [0.717, 1.165) is 26.2 Å². The van der Waals surface area contributed by atoms with Gasteiger partial charge in [0, 0.05) is 13.2 Å². The molecule has 1 unspecified atom stereocenters. The molecule has 1 aliphatic rings. The molecule has 8 heavy (non-hydrogen) atoms. The van der Waals surface area contributed by atoms with Gasteiger partial charge in [0.15, 0.2) is 0 Å². The van der Waals surface area contributed by atoms with E-state index in [1.54, 1.807) is 0 Å². The molecule has 1 rings (SSSR count). The monoisotopic (exact) mass is 135 g/mol. The van der Waals surface area contributed by atoms with E-state index in [1.807, 2.05) is 0 Å². The maximum absolute atomic E-state index is 5.28. The molecule has 0 aliphatic carbocycles. The zero-order valence-corrected chi connectivity index (χ0v) is 5.45. The second-order valence-corrected chi connectivity index (χ2v) is 2.33. The first-order valence-corrected chi connectivity index (χ1v) is 3.22. The Morgan fingerprint density at radius 1 is 1.75 bits per heavy atom. The van der Waals surface area contributed by atoms with Gasteiger partial charge in [-0.05, 0) is 24.1 Å². The van der Waals surface area contributed by atoms with E-state index >= 15 is 0 Å². The lowest BCUT2D eigenvalue weighted by Gasteiger charge is -2.01. The lowest BCUT2D eigenvalue weighted by atomic mass is 10.1. The van der Waals surface area contributed by atoms with Crippen LogP contribution in [0.5, 0.6) is 0 Å². The molecule has 1 saturated heterocycles. The smallest absolute Gasteiger partial charge is 0.0507 e. The molecular formula is C5H10ClNO. The van der Waals surface area contributed by atoms with E-state index in [-0.39, 0.29) is 0 Å². The predicted octanol–water partition coefficient (Wildman–Crippen LogP) is 0.766. The molecule has 1 heterocycles. The van der Waals surface area contributed by atoms with Crippen LogP contribution < -0.4 is 4.84 Å². The van der Waals surface area contributed by atoms with E-state index in [0.29, 0.717) is 5.92 Å². The molecule has 1 atom stereocenters. The van der Waals surface area contributed by atoms with Crippen molar-refractivity contribution >= 4 is 11.8 Å². The van der Waals surface area contributed by atoms with E-state index < -0.39 is 0 Å². The van der Waals surface area contributed by atoms with E-state index in [9.17, 15) is 0 Å². The van der Waals surface area contributed by atoms with Gasteiger partial charge in [-0.3, -0.25) is 0 Å². The van der Waals surface area contributed by atoms with Gasteiger partial charge in [0.1, 0.15) is 0 Å². The van der Waals surface area contributed by atoms with Gasteiger partial charge in [0.25, 0.3) is 0 Å². The predicted molar refractivity (Wildman–Crippen MR) is 32.8 cm³/mol. The normalized spacial score (nSPS) is 28.9. The Morgan fingerprint density at radius 2 is 2.62 bits per heavy atom. The third kappa shape index (κ3) is 1.62. The van der Waals surface area contributed by atoms with Crippen LogP contribution in [0.15, 0.2) is 0 Å². The van der Waals surface area contributed by atoms with Crippen molar-refractivity contribution in [2.45, 2.75) is 6.42 Å². The molecule has 0 bridgehead atoms. The van der Waals surface area contributed by atoms with Gasteiger partial charge in [-0.25, -0.2) is 4.84 Å². The molecule has 1 aliphatic heterocycles. The average molecular weight is 136 g/mol. The summed E-state index contributed by atoms with van der Waals surface area (Å²) >= 11 is 5.28. The highest BCUT2D eigenvalue weighted by atomic mass is 35.5. The topological polar surface area (TPSA) is 21.3 Å². The number of nitrogens with one attached hydrogen (secondary N) is 1. The van der Waals surface area contributed by atoms with Crippen LogP contribution in [0.25, 0.3) is 0 Å². The molecule has 48 valence electrons. The number of ether oxygens (including phenoxy) is 1. The summed E-state index contributed by atoms with van der Waals surface area (Å²) in [7, 11) is 0. The van der Waals surface area contributed by atoms with Crippen molar-refractivity contribution < 1.29 is 4.74 Å². The zero-order chi connectivity index (χ0) is 5.82. The summed E-state index contributed by atoms with van der Waals surface area (Å²) in [5.74, 6) is 0.646. The number of rotatable bonds is 2. The first-order valence-electron chi connectivity index (χ1n) is 2.84. The molecule has 0 amide bonds. The van der Waals surface area contributed by atoms with Gasteiger partial charge in [-0.2, -0.15) is 0 Å². The molecular weight excluding hydrogens is 126 g/mol. The first kappa shape index (κ1) is 6.33. The van der Waals surface area contributed by atoms with Crippen LogP contribution in [0.1, 0.15) is 6.42 Å². The molecule has 3 heteroatoms. The maximum atomic E-state index is 5.28. The number of hydrogen-bond donors (Lipinski definition) is 1. The highest BCUT2D eigenvalue weighted by Crippen LogP contribution is 2.10. The van der Waals surface area contributed by atoms with Crippen LogP contribution in [-0.2, 0) is 4.74 Å². The van der Waals surface area contributed by atoms with Crippen LogP contribution in [0.3, 0.4) is 0 Å². The standard InChI is InChI=1S/C5H10ClNO/c6-7-3-5-1-2-8-4-5/h5,7H,1-4H2. The molecule has 0 spiro atoms. The van der Waals surface area contributed by atoms with Crippen LogP contribution in [0, 0.1) is 5.92 Å². The summed E-state index contributed by atoms with van der Waals surface area (Å²) in [5, 5.41) is 0. The van der Waals surface area contributed by atoms with Crippen molar-refractivity contribution in [3.63, 3.8) is 0 Å². The number of halogens is 1. The van der Waals surface area contributed by atoms with Crippen LogP contribution >= 0.6 is 11.8 Å². The second kappa shape index (κ2) is 3.28. The van der Waals surface area contributed by atoms with Crippen molar-refractivity contribution in [2.24, 2.45) is 5.92 Å². The van der Waals surface area contributed by atoms with Crippen LogP contribution in [0.4, 0.5) is 0 Å². The van der Waals surface area contributed by atoms with E-state index in [4.69, 9.17) is 16.5 Å². The minimum absolute atomic E-state index is 0.646.